The highest BCUT2D eigenvalue weighted by Gasteiger charge is 2.29. The zero-order chi connectivity index (χ0) is 11.4. The van der Waals surface area contributed by atoms with E-state index in [2.05, 4.69) is 27.4 Å². The van der Waals surface area contributed by atoms with Crippen LogP contribution in [0.5, 0.6) is 0 Å². The summed E-state index contributed by atoms with van der Waals surface area (Å²) in [5.74, 6) is 0.819. The molecule has 0 radical (unpaired) electrons. The van der Waals surface area contributed by atoms with Crippen molar-refractivity contribution in [1.29, 1.82) is 0 Å². The molecule has 0 bridgehead atoms. The average Bonchev–Trinajstić information content (AvgIpc) is 3.01. The molecule has 1 fully saturated rings. The van der Waals surface area contributed by atoms with E-state index in [0.29, 0.717) is 18.4 Å². The molecule has 1 aliphatic carbocycles. The zero-order valence-electron chi connectivity index (χ0n) is 8.90. The molecule has 2 rings (SSSR count). The highest BCUT2D eigenvalue weighted by Crippen LogP contribution is 2.39. The van der Waals surface area contributed by atoms with Gasteiger partial charge in [-0.05, 0) is 12.8 Å². The minimum Gasteiger partial charge on any atom is -0.408 e. The molecule has 6 nitrogen and oxygen atoms in total. The van der Waals surface area contributed by atoms with Gasteiger partial charge in [0.1, 0.15) is 0 Å². The summed E-state index contributed by atoms with van der Waals surface area (Å²) in [6.07, 6.45) is 3.87. The molecule has 16 heavy (non-hydrogen) atoms. The van der Waals surface area contributed by atoms with Gasteiger partial charge in [-0.3, -0.25) is 10.1 Å². The van der Waals surface area contributed by atoms with Crippen LogP contribution in [0.2, 0.25) is 0 Å². The quantitative estimate of drug-likeness (QED) is 0.546. The third kappa shape index (κ3) is 2.90. The van der Waals surface area contributed by atoms with Crippen molar-refractivity contribution >= 4 is 11.9 Å². The van der Waals surface area contributed by atoms with Crippen LogP contribution in [0.3, 0.4) is 0 Å². The number of hydrogen-bond acceptors (Lipinski definition) is 5. The van der Waals surface area contributed by atoms with Crippen LogP contribution in [0, 0.1) is 0 Å². The largest absolute Gasteiger partial charge is 0.408 e. The predicted octanol–water partition coefficient (Wildman–Crippen LogP) is 0.661. The van der Waals surface area contributed by atoms with Crippen LogP contribution >= 0.6 is 0 Å². The second-order valence-electron chi connectivity index (χ2n) is 3.69. The minimum absolute atomic E-state index is 0.173. The number of rotatable bonds is 6. The second kappa shape index (κ2) is 4.89. The van der Waals surface area contributed by atoms with E-state index in [9.17, 15) is 4.79 Å². The van der Waals surface area contributed by atoms with Crippen LogP contribution in [-0.4, -0.2) is 29.2 Å². The van der Waals surface area contributed by atoms with Crippen LogP contribution in [-0.2, 0) is 4.79 Å². The lowest BCUT2D eigenvalue weighted by Crippen LogP contribution is -2.28. The van der Waals surface area contributed by atoms with Gasteiger partial charge >= 0.3 is 6.01 Å². The zero-order valence-corrected chi connectivity index (χ0v) is 8.90. The van der Waals surface area contributed by atoms with E-state index in [-0.39, 0.29) is 18.5 Å². The van der Waals surface area contributed by atoms with Gasteiger partial charge in [-0.25, -0.2) is 0 Å². The summed E-state index contributed by atoms with van der Waals surface area (Å²) in [7, 11) is 0. The maximum Gasteiger partial charge on any atom is 0.322 e. The molecular weight excluding hydrogens is 208 g/mol. The fourth-order valence-corrected chi connectivity index (χ4v) is 1.23. The van der Waals surface area contributed by atoms with Crippen molar-refractivity contribution < 1.29 is 9.21 Å². The SMILES string of the molecule is C=CCNCC(=O)Nc1nnc(C2CC2)o1. The highest BCUT2D eigenvalue weighted by atomic mass is 16.4. The Kier molecular flexibility index (Phi) is 3.31. The first kappa shape index (κ1) is 10.8. The standard InChI is InChI=1S/C10H14N4O2/c1-2-5-11-6-8(15)12-10-14-13-9(16-10)7-3-4-7/h2,7,11H,1,3-6H2,(H,12,14,15). The second-order valence-corrected chi connectivity index (χ2v) is 3.69. The molecule has 1 heterocycles. The number of anilines is 1. The molecule has 0 aromatic carbocycles. The molecule has 1 aliphatic rings. The lowest BCUT2D eigenvalue weighted by atomic mass is 10.4. The van der Waals surface area contributed by atoms with Gasteiger partial charge in [0.25, 0.3) is 0 Å². The molecule has 0 spiro atoms. The molecule has 1 aromatic heterocycles. The van der Waals surface area contributed by atoms with Gasteiger partial charge in [-0.15, -0.1) is 11.7 Å². The van der Waals surface area contributed by atoms with Gasteiger partial charge in [-0.2, -0.15) is 0 Å². The van der Waals surface area contributed by atoms with Gasteiger partial charge in [0.05, 0.1) is 6.54 Å². The van der Waals surface area contributed by atoms with E-state index in [4.69, 9.17) is 4.42 Å². The topological polar surface area (TPSA) is 80.0 Å². The van der Waals surface area contributed by atoms with Crippen molar-refractivity contribution in [3.8, 4) is 0 Å². The fourth-order valence-electron chi connectivity index (χ4n) is 1.23. The van der Waals surface area contributed by atoms with E-state index in [1.807, 2.05) is 0 Å². The molecule has 6 heteroatoms. The number of aromatic nitrogens is 2. The molecule has 0 aliphatic heterocycles. The average molecular weight is 222 g/mol. The Morgan fingerprint density at radius 1 is 1.56 bits per heavy atom. The third-order valence-corrected chi connectivity index (χ3v) is 2.19. The van der Waals surface area contributed by atoms with Gasteiger partial charge in [0.2, 0.25) is 11.8 Å². The Labute approximate surface area is 93.1 Å². The van der Waals surface area contributed by atoms with Crippen LogP contribution in [0.4, 0.5) is 6.01 Å². The van der Waals surface area contributed by atoms with Gasteiger partial charge < -0.3 is 9.73 Å². The van der Waals surface area contributed by atoms with Gasteiger partial charge in [0, 0.05) is 12.5 Å². The van der Waals surface area contributed by atoms with Crippen molar-refractivity contribution in [1.82, 2.24) is 15.5 Å². The maximum atomic E-state index is 11.3. The molecule has 2 N–H and O–H groups in total. The molecule has 0 unspecified atom stereocenters. The smallest absolute Gasteiger partial charge is 0.322 e. The first-order valence-electron chi connectivity index (χ1n) is 5.24. The number of carbonyl (C=O) groups excluding carboxylic acids is 1. The third-order valence-electron chi connectivity index (χ3n) is 2.19. The Morgan fingerprint density at radius 2 is 2.38 bits per heavy atom. The van der Waals surface area contributed by atoms with Crippen molar-refractivity contribution in [3.63, 3.8) is 0 Å². The Hall–Kier alpha value is -1.69. The van der Waals surface area contributed by atoms with Crippen molar-refractivity contribution in [2.75, 3.05) is 18.4 Å². The lowest BCUT2D eigenvalue weighted by molar-refractivity contribution is -0.115. The summed E-state index contributed by atoms with van der Waals surface area (Å²) in [6.45, 7) is 4.33. The van der Waals surface area contributed by atoms with E-state index >= 15 is 0 Å². The van der Waals surface area contributed by atoms with Gasteiger partial charge in [-0.1, -0.05) is 11.2 Å². The molecule has 86 valence electrons. The van der Waals surface area contributed by atoms with Crippen LogP contribution in [0.15, 0.2) is 17.1 Å². The van der Waals surface area contributed by atoms with Crippen LogP contribution < -0.4 is 10.6 Å². The molecule has 1 amide bonds. The molecule has 1 aromatic rings. The summed E-state index contributed by atoms with van der Waals surface area (Å²) in [5.41, 5.74) is 0. The highest BCUT2D eigenvalue weighted by molar-refractivity contribution is 5.90. The number of hydrogen-bond donors (Lipinski definition) is 2. The van der Waals surface area contributed by atoms with Crippen molar-refractivity contribution in [3.05, 3.63) is 18.5 Å². The van der Waals surface area contributed by atoms with E-state index < -0.39 is 0 Å². The number of carbonyl (C=O) groups is 1. The fraction of sp³-hybridized carbons (Fsp3) is 0.500. The van der Waals surface area contributed by atoms with Crippen LogP contribution in [0.1, 0.15) is 24.7 Å². The maximum absolute atomic E-state index is 11.3. The number of nitrogens with zero attached hydrogens (tertiary/aromatic N) is 2. The summed E-state index contributed by atoms with van der Waals surface area (Å²) < 4.78 is 5.28. The number of amides is 1. The minimum atomic E-state index is -0.201. The molecular formula is C10H14N4O2. The lowest BCUT2D eigenvalue weighted by Gasteiger charge is -2.00. The molecule has 0 saturated heterocycles. The van der Waals surface area contributed by atoms with E-state index in [0.717, 1.165) is 12.8 Å². The molecule has 0 atom stereocenters. The van der Waals surface area contributed by atoms with Gasteiger partial charge in [0.15, 0.2) is 0 Å². The monoisotopic (exact) mass is 222 g/mol. The molecule has 1 saturated carbocycles. The van der Waals surface area contributed by atoms with Crippen molar-refractivity contribution in [2.24, 2.45) is 0 Å². The number of nitrogens with one attached hydrogen (secondary N) is 2. The van der Waals surface area contributed by atoms with E-state index in [1.54, 1.807) is 6.08 Å². The van der Waals surface area contributed by atoms with E-state index in [1.165, 1.54) is 0 Å². The Balaban J connectivity index is 1.78. The summed E-state index contributed by atoms with van der Waals surface area (Å²) in [6, 6.07) is 0.173. The Morgan fingerprint density at radius 3 is 3.06 bits per heavy atom. The summed E-state index contributed by atoms with van der Waals surface area (Å²) in [5, 5.41) is 13.0. The first-order chi connectivity index (χ1) is 7.79. The summed E-state index contributed by atoms with van der Waals surface area (Å²) in [4.78, 5) is 11.3. The van der Waals surface area contributed by atoms with Crippen molar-refractivity contribution in [2.45, 2.75) is 18.8 Å². The van der Waals surface area contributed by atoms with Crippen LogP contribution in [0.25, 0.3) is 0 Å². The normalized spacial score (nSPS) is 14.8. The summed E-state index contributed by atoms with van der Waals surface area (Å²) >= 11 is 0. The predicted molar refractivity (Wildman–Crippen MR) is 58.0 cm³/mol. The first-order valence-corrected chi connectivity index (χ1v) is 5.24. The Bertz CT molecular complexity index is 384.